The predicted molar refractivity (Wildman–Crippen MR) is 66.9 cm³/mol. The maximum absolute atomic E-state index is 11.6. The minimum atomic E-state index is -0.748. The van der Waals surface area contributed by atoms with Gasteiger partial charge in [0.05, 0.1) is 0 Å². The number of carbonyl (C=O) groups is 5. The maximum Gasteiger partial charge on any atom is 0.333 e. The van der Waals surface area contributed by atoms with Crippen molar-refractivity contribution in [2.75, 3.05) is 6.54 Å². The molecule has 0 radical (unpaired) electrons. The van der Waals surface area contributed by atoms with Gasteiger partial charge in [-0.1, -0.05) is 0 Å². The highest BCUT2D eigenvalue weighted by Gasteiger charge is 2.33. The van der Waals surface area contributed by atoms with Crippen LogP contribution in [0, 0.1) is 0 Å². The quantitative estimate of drug-likeness (QED) is 0.645. The molecule has 4 amide bonds. The summed E-state index contributed by atoms with van der Waals surface area (Å²) in [5.74, 6) is -2.62. The number of hydroxylamine groups is 2. The molecular weight excluding hydrogens is 280 g/mol. The Bertz CT molecular complexity index is 549. The Labute approximate surface area is 120 Å². The molecule has 0 aromatic rings. The van der Waals surface area contributed by atoms with Gasteiger partial charge in [0.15, 0.2) is 0 Å². The van der Waals surface area contributed by atoms with Crippen molar-refractivity contribution in [2.24, 2.45) is 0 Å². The molecule has 8 heteroatoms. The third-order valence-corrected chi connectivity index (χ3v) is 3.15. The Kier molecular flexibility index (Phi) is 4.15. The first kappa shape index (κ1) is 14.9. The van der Waals surface area contributed by atoms with Crippen LogP contribution in [-0.2, 0) is 28.8 Å². The van der Waals surface area contributed by atoms with Crippen LogP contribution in [0.4, 0.5) is 0 Å². The van der Waals surface area contributed by atoms with E-state index in [0.29, 0.717) is 10.6 Å². The smallest absolute Gasteiger partial charge is 0.330 e. The standard InChI is InChI=1S/C13H14N2O6/c1-8-7-11(18)14(13(8)20)6-2-3-12(19)21-15-9(16)4-5-10(15)17/h7H,2-6H2,1H3. The Morgan fingerprint density at radius 1 is 1.19 bits per heavy atom. The molecule has 2 aliphatic heterocycles. The van der Waals surface area contributed by atoms with Crippen molar-refractivity contribution in [3.8, 4) is 0 Å². The van der Waals surface area contributed by atoms with Gasteiger partial charge < -0.3 is 4.84 Å². The van der Waals surface area contributed by atoms with E-state index < -0.39 is 23.7 Å². The monoisotopic (exact) mass is 294 g/mol. The summed E-state index contributed by atoms with van der Waals surface area (Å²) < 4.78 is 0. The molecule has 2 rings (SSSR count). The first-order valence-corrected chi connectivity index (χ1v) is 6.51. The molecule has 2 aliphatic rings. The van der Waals surface area contributed by atoms with E-state index in [0.717, 1.165) is 4.90 Å². The van der Waals surface area contributed by atoms with Crippen molar-refractivity contribution >= 4 is 29.6 Å². The number of imide groups is 2. The van der Waals surface area contributed by atoms with Crippen molar-refractivity contribution < 1.29 is 28.8 Å². The zero-order valence-electron chi connectivity index (χ0n) is 11.5. The van der Waals surface area contributed by atoms with Crippen molar-refractivity contribution in [2.45, 2.75) is 32.6 Å². The average Bonchev–Trinajstić information content (AvgIpc) is 2.85. The number of hydrogen-bond acceptors (Lipinski definition) is 6. The van der Waals surface area contributed by atoms with Crippen LogP contribution < -0.4 is 0 Å². The maximum atomic E-state index is 11.6. The summed E-state index contributed by atoms with van der Waals surface area (Å²) in [4.78, 5) is 62.8. The lowest BCUT2D eigenvalue weighted by atomic mass is 10.3. The highest BCUT2D eigenvalue weighted by Crippen LogP contribution is 2.15. The van der Waals surface area contributed by atoms with E-state index in [1.54, 1.807) is 6.92 Å². The lowest BCUT2D eigenvalue weighted by Gasteiger charge is -2.15. The zero-order chi connectivity index (χ0) is 15.6. The van der Waals surface area contributed by atoms with E-state index in [-0.39, 0.29) is 38.1 Å². The first-order valence-electron chi connectivity index (χ1n) is 6.51. The summed E-state index contributed by atoms with van der Waals surface area (Å²) in [6.07, 6.45) is 1.41. The van der Waals surface area contributed by atoms with Crippen molar-refractivity contribution in [3.63, 3.8) is 0 Å². The topological polar surface area (TPSA) is 101 Å². The van der Waals surface area contributed by atoms with E-state index in [4.69, 9.17) is 0 Å². The van der Waals surface area contributed by atoms with Crippen LogP contribution in [0.1, 0.15) is 32.6 Å². The zero-order valence-corrected chi connectivity index (χ0v) is 11.5. The summed E-state index contributed by atoms with van der Waals surface area (Å²) in [5.41, 5.74) is 0.357. The summed E-state index contributed by atoms with van der Waals surface area (Å²) in [6.45, 7) is 1.63. The van der Waals surface area contributed by atoms with Crippen molar-refractivity contribution in [3.05, 3.63) is 11.6 Å². The molecule has 0 aromatic carbocycles. The van der Waals surface area contributed by atoms with E-state index in [1.807, 2.05) is 0 Å². The molecule has 8 nitrogen and oxygen atoms in total. The van der Waals surface area contributed by atoms with Crippen LogP contribution in [0.15, 0.2) is 11.6 Å². The van der Waals surface area contributed by atoms with Gasteiger partial charge in [-0.2, -0.15) is 0 Å². The highest BCUT2D eigenvalue weighted by atomic mass is 16.7. The van der Waals surface area contributed by atoms with Crippen molar-refractivity contribution in [1.29, 1.82) is 0 Å². The molecule has 0 saturated carbocycles. The number of hydrogen-bond donors (Lipinski definition) is 0. The largest absolute Gasteiger partial charge is 0.333 e. The molecule has 0 N–H and O–H groups in total. The van der Waals surface area contributed by atoms with Crippen LogP contribution in [0.3, 0.4) is 0 Å². The number of nitrogens with zero attached hydrogens (tertiary/aromatic N) is 2. The lowest BCUT2D eigenvalue weighted by Crippen LogP contribution is -2.34. The minimum absolute atomic E-state index is 0.0356. The second-order valence-corrected chi connectivity index (χ2v) is 4.77. The molecule has 0 spiro atoms. The van der Waals surface area contributed by atoms with Gasteiger partial charge in [-0.3, -0.25) is 24.1 Å². The second-order valence-electron chi connectivity index (χ2n) is 4.77. The molecule has 112 valence electrons. The number of carbonyl (C=O) groups excluding carboxylic acids is 5. The molecule has 0 unspecified atom stereocenters. The van der Waals surface area contributed by atoms with Gasteiger partial charge in [0.1, 0.15) is 0 Å². The van der Waals surface area contributed by atoms with Gasteiger partial charge in [0, 0.05) is 37.5 Å². The molecule has 0 aliphatic carbocycles. The molecule has 21 heavy (non-hydrogen) atoms. The molecule has 1 saturated heterocycles. The summed E-state index contributed by atoms with van der Waals surface area (Å²) in [7, 11) is 0. The normalized spacial score (nSPS) is 18.6. The van der Waals surface area contributed by atoms with E-state index in [9.17, 15) is 24.0 Å². The van der Waals surface area contributed by atoms with Crippen LogP contribution in [-0.4, -0.2) is 46.1 Å². The molecule has 0 atom stereocenters. The number of rotatable bonds is 5. The van der Waals surface area contributed by atoms with Gasteiger partial charge in [-0.25, -0.2) is 4.79 Å². The van der Waals surface area contributed by atoms with E-state index in [2.05, 4.69) is 4.84 Å². The SMILES string of the molecule is CC1=CC(=O)N(CCCC(=O)ON2C(=O)CCC2=O)C1=O. The molecule has 1 fully saturated rings. The van der Waals surface area contributed by atoms with Crippen LogP contribution in [0.2, 0.25) is 0 Å². The van der Waals surface area contributed by atoms with Crippen LogP contribution >= 0.6 is 0 Å². The van der Waals surface area contributed by atoms with Gasteiger partial charge in [0.2, 0.25) is 0 Å². The molecule has 2 heterocycles. The molecule has 0 bridgehead atoms. The summed E-state index contributed by atoms with van der Waals surface area (Å²) in [6, 6.07) is 0. The Morgan fingerprint density at radius 2 is 1.81 bits per heavy atom. The summed E-state index contributed by atoms with van der Waals surface area (Å²) >= 11 is 0. The average molecular weight is 294 g/mol. The predicted octanol–water partition coefficient (Wildman–Crippen LogP) is -0.311. The molecule has 0 aromatic heterocycles. The lowest BCUT2D eigenvalue weighted by molar-refractivity contribution is -0.197. The second kappa shape index (κ2) is 5.86. The fourth-order valence-corrected chi connectivity index (χ4v) is 2.04. The minimum Gasteiger partial charge on any atom is -0.330 e. The Morgan fingerprint density at radius 3 is 2.33 bits per heavy atom. The van der Waals surface area contributed by atoms with Crippen molar-refractivity contribution in [1.82, 2.24) is 9.96 Å². The summed E-state index contributed by atoms with van der Waals surface area (Å²) in [5, 5.41) is 0.472. The number of amides is 4. The van der Waals surface area contributed by atoms with Crippen LogP contribution in [0.5, 0.6) is 0 Å². The molecular formula is C13H14N2O6. The Balaban J connectivity index is 1.75. The van der Waals surface area contributed by atoms with Gasteiger partial charge in [0.25, 0.3) is 23.6 Å². The first-order chi connectivity index (χ1) is 9.90. The van der Waals surface area contributed by atoms with Gasteiger partial charge >= 0.3 is 5.97 Å². The third kappa shape index (κ3) is 3.15. The van der Waals surface area contributed by atoms with Crippen LogP contribution in [0.25, 0.3) is 0 Å². The fourth-order valence-electron chi connectivity index (χ4n) is 2.04. The third-order valence-electron chi connectivity index (χ3n) is 3.15. The Hall–Kier alpha value is -2.51. The van der Waals surface area contributed by atoms with E-state index >= 15 is 0 Å². The fraction of sp³-hybridized carbons (Fsp3) is 0.462. The van der Waals surface area contributed by atoms with Gasteiger partial charge in [-0.15, -0.1) is 5.06 Å². The van der Waals surface area contributed by atoms with Gasteiger partial charge in [-0.05, 0) is 13.3 Å². The highest BCUT2D eigenvalue weighted by molar-refractivity contribution is 6.15. The van der Waals surface area contributed by atoms with E-state index in [1.165, 1.54) is 6.08 Å².